The highest BCUT2D eigenvalue weighted by molar-refractivity contribution is 6.29. The van der Waals surface area contributed by atoms with Gasteiger partial charge in [0.2, 0.25) is 0 Å². The van der Waals surface area contributed by atoms with E-state index in [1.165, 1.54) is 0 Å². The molecular weight excluding hydrogens is 336 g/mol. The maximum Gasteiger partial charge on any atom is 0.109 e. The van der Waals surface area contributed by atoms with Gasteiger partial charge in [0.25, 0.3) is 0 Å². The van der Waals surface area contributed by atoms with Gasteiger partial charge in [-0.1, -0.05) is 50.1 Å². The van der Waals surface area contributed by atoms with Crippen LogP contribution in [-0.4, -0.2) is 34.8 Å². The summed E-state index contributed by atoms with van der Waals surface area (Å²) in [6, 6.07) is -0.479. The molecule has 0 radical (unpaired) electrons. The summed E-state index contributed by atoms with van der Waals surface area (Å²) in [5, 5.41) is 16.4. The van der Waals surface area contributed by atoms with Crippen molar-refractivity contribution in [3.8, 4) is 0 Å². The minimum absolute atomic E-state index is 0.0150. The Kier molecular flexibility index (Phi) is 8.28. The second-order valence-electron chi connectivity index (χ2n) is 5.62. The Morgan fingerprint density at radius 3 is 2.72 bits per heavy atom. The molecule has 0 amide bonds. The molecule has 0 aromatic heterocycles. The molecule has 3 unspecified atom stereocenters. The minimum atomic E-state index is -0.443. The molecule has 0 saturated heterocycles. The zero-order valence-electron chi connectivity index (χ0n) is 14.6. The second-order valence-corrected chi connectivity index (χ2v) is 6.03. The van der Waals surface area contributed by atoms with Crippen molar-refractivity contribution in [3.63, 3.8) is 0 Å². The normalized spacial score (nSPS) is 19.6. The molecular formula is C19H27ClN4O. The number of aliphatic hydroxyl groups excluding tert-OH is 1. The molecule has 25 heavy (non-hydrogen) atoms. The van der Waals surface area contributed by atoms with Gasteiger partial charge < -0.3 is 26.4 Å². The summed E-state index contributed by atoms with van der Waals surface area (Å²) in [6.07, 6.45) is 10.2. The van der Waals surface area contributed by atoms with Crippen LogP contribution in [0.2, 0.25) is 0 Å². The topological polar surface area (TPSA) is 73.5 Å². The minimum Gasteiger partial charge on any atom is -0.511 e. The van der Waals surface area contributed by atoms with E-state index < -0.39 is 6.04 Å². The Bertz CT molecular complexity index is 621. The van der Waals surface area contributed by atoms with Crippen LogP contribution in [0.25, 0.3) is 0 Å². The maximum absolute atomic E-state index is 9.76. The van der Waals surface area contributed by atoms with Gasteiger partial charge in [-0.25, -0.2) is 0 Å². The number of halogens is 1. The predicted octanol–water partition coefficient (Wildman–Crippen LogP) is 3.00. The first-order chi connectivity index (χ1) is 11.8. The van der Waals surface area contributed by atoms with Crippen molar-refractivity contribution >= 4 is 11.6 Å². The molecule has 5 nitrogen and oxygen atoms in total. The summed E-state index contributed by atoms with van der Waals surface area (Å²) < 4.78 is 0. The van der Waals surface area contributed by atoms with Crippen molar-refractivity contribution in [2.24, 2.45) is 5.73 Å². The first-order valence-electron chi connectivity index (χ1n) is 7.91. The molecule has 1 aliphatic heterocycles. The van der Waals surface area contributed by atoms with Gasteiger partial charge in [-0.2, -0.15) is 0 Å². The fourth-order valence-electron chi connectivity index (χ4n) is 2.36. The predicted molar refractivity (Wildman–Crippen MR) is 107 cm³/mol. The number of nitrogens with two attached hydrogens (primary N) is 1. The molecule has 0 fully saturated rings. The van der Waals surface area contributed by atoms with Gasteiger partial charge in [-0.05, 0) is 30.7 Å². The molecule has 3 atom stereocenters. The zero-order valence-corrected chi connectivity index (χ0v) is 15.3. The van der Waals surface area contributed by atoms with E-state index >= 15 is 0 Å². The van der Waals surface area contributed by atoms with Gasteiger partial charge in [-0.15, -0.1) is 0 Å². The van der Waals surface area contributed by atoms with E-state index in [1.807, 2.05) is 30.2 Å². The van der Waals surface area contributed by atoms with Crippen molar-refractivity contribution in [1.82, 2.24) is 15.5 Å². The summed E-state index contributed by atoms with van der Waals surface area (Å²) in [5.74, 6) is -0.0150. The number of nitrogens with one attached hydrogen (secondary N) is 2. The van der Waals surface area contributed by atoms with Crippen molar-refractivity contribution in [2.75, 3.05) is 6.54 Å². The Hall–Kier alpha value is -2.21. The third-order valence-corrected chi connectivity index (χ3v) is 4.09. The van der Waals surface area contributed by atoms with E-state index in [1.54, 1.807) is 18.2 Å². The van der Waals surface area contributed by atoms with Crippen LogP contribution in [0, 0.1) is 0 Å². The highest BCUT2D eigenvalue weighted by Gasteiger charge is 2.24. The Morgan fingerprint density at radius 1 is 1.48 bits per heavy atom. The molecule has 0 aromatic rings. The van der Waals surface area contributed by atoms with Gasteiger partial charge in [-0.3, -0.25) is 0 Å². The molecule has 136 valence electrons. The van der Waals surface area contributed by atoms with Crippen LogP contribution in [0.1, 0.15) is 6.92 Å². The number of allylic oxidation sites excluding steroid dienone is 5. The fraction of sp³-hybridized carbons (Fsp3) is 0.263. The van der Waals surface area contributed by atoms with Crippen LogP contribution in [0.15, 0.2) is 85.1 Å². The Balaban J connectivity index is 2.73. The lowest BCUT2D eigenvalue weighted by Gasteiger charge is -2.35. The molecule has 0 bridgehead atoms. The van der Waals surface area contributed by atoms with Gasteiger partial charge in [0.05, 0.1) is 6.04 Å². The highest BCUT2D eigenvalue weighted by atomic mass is 35.5. The number of hydrogen-bond acceptors (Lipinski definition) is 5. The first-order valence-corrected chi connectivity index (χ1v) is 8.29. The average Bonchev–Trinajstić information content (AvgIpc) is 2.57. The number of rotatable bonds is 10. The van der Waals surface area contributed by atoms with Crippen LogP contribution in [0.5, 0.6) is 0 Å². The van der Waals surface area contributed by atoms with Crippen LogP contribution in [0.3, 0.4) is 0 Å². The third kappa shape index (κ3) is 5.98. The summed E-state index contributed by atoms with van der Waals surface area (Å²) in [4.78, 5) is 1.85. The SMILES string of the molecule is C=C/C=C(/Cl)NC(CNC(C)C1=CC=CN(C(=C)C=C)C1N)C(=C)O. The molecule has 5 N–H and O–H groups in total. The summed E-state index contributed by atoms with van der Waals surface area (Å²) >= 11 is 6.01. The fourth-order valence-corrected chi connectivity index (χ4v) is 2.58. The summed E-state index contributed by atoms with van der Waals surface area (Å²) in [5.41, 5.74) is 8.04. The molecule has 0 aliphatic carbocycles. The molecule has 6 heteroatoms. The number of nitrogens with zero attached hydrogens (tertiary/aromatic N) is 1. The van der Waals surface area contributed by atoms with Crippen molar-refractivity contribution in [3.05, 3.63) is 85.1 Å². The number of aliphatic hydroxyl groups is 1. The first kappa shape index (κ1) is 20.8. The van der Waals surface area contributed by atoms with E-state index in [0.717, 1.165) is 11.3 Å². The molecule has 0 aromatic carbocycles. The maximum atomic E-state index is 9.76. The molecule has 1 heterocycles. The lowest BCUT2D eigenvalue weighted by atomic mass is 10.0. The quantitative estimate of drug-likeness (QED) is 0.273. The van der Waals surface area contributed by atoms with Gasteiger partial charge in [0.15, 0.2) is 0 Å². The van der Waals surface area contributed by atoms with Crippen LogP contribution >= 0.6 is 11.6 Å². The van der Waals surface area contributed by atoms with Crippen molar-refractivity contribution in [2.45, 2.75) is 25.2 Å². The molecule has 1 aliphatic rings. The molecule has 0 spiro atoms. The smallest absolute Gasteiger partial charge is 0.109 e. The molecule has 0 saturated carbocycles. The Labute approximate surface area is 155 Å². The third-order valence-electron chi connectivity index (χ3n) is 3.85. The van der Waals surface area contributed by atoms with E-state index in [0.29, 0.717) is 11.7 Å². The second kappa shape index (κ2) is 9.93. The van der Waals surface area contributed by atoms with Gasteiger partial charge in [0.1, 0.15) is 17.1 Å². The van der Waals surface area contributed by atoms with Crippen molar-refractivity contribution < 1.29 is 5.11 Å². The van der Waals surface area contributed by atoms with E-state index in [-0.39, 0.29) is 18.0 Å². The monoisotopic (exact) mass is 362 g/mol. The van der Waals surface area contributed by atoms with E-state index in [2.05, 4.69) is 36.9 Å². The molecule has 1 rings (SSSR count). The van der Waals surface area contributed by atoms with Crippen LogP contribution < -0.4 is 16.4 Å². The highest BCUT2D eigenvalue weighted by Crippen LogP contribution is 2.20. The summed E-state index contributed by atoms with van der Waals surface area (Å²) in [7, 11) is 0. The van der Waals surface area contributed by atoms with Gasteiger partial charge in [0, 0.05) is 24.5 Å². The van der Waals surface area contributed by atoms with Crippen LogP contribution in [-0.2, 0) is 0 Å². The van der Waals surface area contributed by atoms with E-state index in [4.69, 9.17) is 17.3 Å². The van der Waals surface area contributed by atoms with Gasteiger partial charge >= 0.3 is 0 Å². The van der Waals surface area contributed by atoms with Crippen LogP contribution in [0.4, 0.5) is 0 Å². The standard InChI is InChI=1S/C19H27ClN4O/c1-6-9-18(20)23-17(15(5)25)12-22-14(4)16-10-8-11-24(19(16)21)13(3)7-2/h6-11,14,17,19,22-23,25H,1-3,5,12,21H2,4H3/b18-9-. The Morgan fingerprint density at radius 2 is 2.16 bits per heavy atom. The average molecular weight is 363 g/mol. The lowest BCUT2D eigenvalue weighted by molar-refractivity contribution is 0.335. The van der Waals surface area contributed by atoms with Crippen molar-refractivity contribution in [1.29, 1.82) is 0 Å². The van der Waals surface area contributed by atoms with E-state index in [9.17, 15) is 5.11 Å². The largest absolute Gasteiger partial charge is 0.511 e. The number of hydrogen-bond donors (Lipinski definition) is 4. The summed E-state index contributed by atoms with van der Waals surface area (Å²) in [6.45, 7) is 17.2. The zero-order chi connectivity index (χ0) is 19.0. The lowest BCUT2D eigenvalue weighted by Crippen LogP contribution is -2.48.